The first-order valence-corrected chi connectivity index (χ1v) is 20.2. The van der Waals surface area contributed by atoms with Crippen molar-refractivity contribution >= 4 is 68.8 Å². The first-order valence-electron chi connectivity index (χ1n) is 14.8. The van der Waals surface area contributed by atoms with Crippen LogP contribution >= 0.6 is 37.0 Å². The van der Waals surface area contributed by atoms with E-state index < -0.39 is 15.8 Å². The maximum atomic E-state index is 5.29. The van der Waals surface area contributed by atoms with Crippen LogP contribution in [0.3, 0.4) is 0 Å². The van der Waals surface area contributed by atoms with Crippen LogP contribution in [0.25, 0.3) is 0 Å². The van der Waals surface area contributed by atoms with Crippen molar-refractivity contribution in [1.29, 1.82) is 0 Å². The Morgan fingerprint density at radius 1 is 0.404 bits per heavy atom. The minimum Gasteiger partial charge on any atom is -0.0620 e. The molecular formula is C40H34Cl2N2P2Pd+2. The third-order valence-corrected chi connectivity index (χ3v) is 12.5. The van der Waals surface area contributed by atoms with E-state index in [2.05, 4.69) is 226 Å². The van der Waals surface area contributed by atoms with E-state index in [0.717, 1.165) is 0 Å². The van der Waals surface area contributed by atoms with Crippen LogP contribution in [0.2, 0.25) is 5.28 Å². The molecule has 1 aromatic heterocycles. The van der Waals surface area contributed by atoms with Gasteiger partial charge in [-0.25, -0.2) is 0 Å². The summed E-state index contributed by atoms with van der Waals surface area (Å²) in [5, 5.41) is 8.85. The van der Waals surface area contributed by atoms with Crippen molar-refractivity contribution in [2.75, 3.05) is 0 Å². The third kappa shape index (κ3) is 11.9. The second kappa shape index (κ2) is 21.4. The average molecular weight is 782 g/mol. The van der Waals surface area contributed by atoms with Gasteiger partial charge < -0.3 is 9.97 Å². The molecule has 0 saturated carbocycles. The van der Waals surface area contributed by atoms with Crippen LogP contribution in [0, 0.1) is 6.20 Å². The Labute approximate surface area is 300 Å². The first kappa shape index (κ1) is 36.3. The Balaban J connectivity index is 0.000000170. The van der Waals surface area contributed by atoms with Gasteiger partial charge in [0, 0.05) is 0 Å². The van der Waals surface area contributed by atoms with E-state index in [1.807, 2.05) is 0 Å². The molecule has 7 aromatic rings. The molecule has 6 aromatic carbocycles. The number of rotatable bonds is 6. The Morgan fingerprint density at radius 2 is 0.638 bits per heavy atom. The van der Waals surface area contributed by atoms with E-state index in [9.17, 15) is 0 Å². The average Bonchev–Trinajstić information content (AvgIpc) is 3.16. The second-order valence-electron chi connectivity index (χ2n) is 9.90. The van der Waals surface area contributed by atoms with Crippen molar-refractivity contribution in [2.45, 2.75) is 0 Å². The zero-order valence-electron chi connectivity index (χ0n) is 25.4. The zero-order valence-corrected chi connectivity index (χ0v) is 30.5. The van der Waals surface area contributed by atoms with Crippen LogP contribution in [0.1, 0.15) is 0 Å². The predicted octanol–water partition coefficient (Wildman–Crippen LogP) is 7.97. The van der Waals surface area contributed by atoms with E-state index in [-0.39, 0.29) is 5.28 Å². The molecule has 2 nitrogen and oxygen atoms in total. The van der Waals surface area contributed by atoms with Gasteiger partial charge in [-0.2, -0.15) is 0 Å². The van der Waals surface area contributed by atoms with E-state index >= 15 is 0 Å². The molecule has 0 atom stereocenters. The summed E-state index contributed by atoms with van der Waals surface area (Å²) in [5.74, 6) is 0. The number of benzene rings is 6. The monoisotopic (exact) mass is 780 g/mol. The fourth-order valence-electron chi connectivity index (χ4n) is 4.88. The minimum absolute atomic E-state index is 0.238. The molecule has 0 aliphatic carbocycles. The largest absolute Gasteiger partial charge is 0.102 e. The molecule has 1 heterocycles. The van der Waals surface area contributed by atoms with E-state index in [1.54, 1.807) is 6.07 Å². The smallest absolute Gasteiger partial charge is 0.0620 e. The normalized spacial score (nSPS) is 10.0. The van der Waals surface area contributed by atoms with Crippen molar-refractivity contribution in [1.82, 2.24) is 9.97 Å². The van der Waals surface area contributed by atoms with Crippen LogP contribution < -0.4 is 31.8 Å². The van der Waals surface area contributed by atoms with Crippen molar-refractivity contribution in [3.8, 4) is 0 Å². The summed E-state index contributed by atoms with van der Waals surface area (Å²) in [5.41, 5.74) is 0. The molecular weight excluding hydrogens is 748 g/mol. The fourth-order valence-corrected chi connectivity index (χ4v) is 10.1. The van der Waals surface area contributed by atoms with Crippen LogP contribution in [-0.4, -0.2) is 9.97 Å². The van der Waals surface area contributed by atoms with Gasteiger partial charge in [0.1, 0.15) is 37.1 Å². The molecule has 7 heteroatoms. The molecule has 0 spiro atoms. The molecule has 236 valence electrons. The maximum absolute atomic E-state index is 5.29. The quantitative estimate of drug-likeness (QED) is 0.0741. The van der Waals surface area contributed by atoms with Gasteiger partial charge in [0.25, 0.3) is 0 Å². The molecule has 0 N–H and O–H groups in total. The SMILES string of the molecule is Clc1n[c-]ccn1.[Cl][Pd+].c1ccc([PH+](c2ccccc2)c2ccccc2)cc1.c1ccc([PH+](c2ccccc2)c2ccccc2)cc1. The van der Waals surface area contributed by atoms with E-state index in [0.29, 0.717) is 0 Å². The van der Waals surface area contributed by atoms with Gasteiger partial charge in [0.2, 0.25) is 0 Å². The molecule has 0 aliphatic heterocycles. The topological polar surface area (TPSA) is 25.8 Å². The molecule has 47 heavy (non-hydrogen) atoms. The fraction of sp³-hybridized carbons (Fsp3) is 0. The summed E-state index contributed by atoms with van der Waals surface area (Å²) in [6, 6.07) is 66.6. The number of hydrogen-bond acceptors (Lipinski definition) is 2. The van der Waals surface area contributed by atoms with Gasteiger partial charge in [0.15, 0.2) is 0 Å². The van der Waals surface area contributed by atoms with E-state index in [4.69, 9.17) is 11.6 Å². The van der Waals surface area contributed by atoms with Gasteiger partial charge in [-0.05, 0) is 72.8 Å². The van der Waals surface area contributed by atoms with Gasteiger partial charge in [-0.1, -0.05) is 122 Å². The molecule has 0 amide bonds. The van der Waals surface area contributed by atoms with Gasteiger partial charge in [-0.15, -0.1) is 17.7 Å². The van der Waals surface area contributed by atoms with Crippen molar-refractivity contribution in [3.63, 3.8) is 0 Å². The van der Waals surface area contributed by atoms with Crippen molar-refractivity contribution < 1.29 is 18.2 Å². The standard InChI is InChI=1S/2C18H15P.C4H2ClN2.ClH.Pd/c2*1-4-10-16(11-5-1)19(17-12-6-2-7-13-17)18-14-8-3-9-15-18;5-4-6-2-1-3-7-4;;/h2*1-15H;1-2H;1H;/q;;-1;;+2/p+1. The van der Waals surface area contributed by atoms with Crippen LogP contribution in [0.4, 0.5) is 0 Å². The minimum atomic E-state index is -0.877. The Hall–Kier alpha value is -3.50. The molecule has 0 aliphatic rings. The Kier molecular flexibility index (Phi) is 16.5. The predicted molar refractivity (Wildman–Crippen MR) is 205 cm³/mol. The summed E-state index contributed by atoms with van der Waals surface area (Å²) in [4.78, 5) is 7.11. The molecule has 7 rings (SSSR count). The molecule has 0 fully saturated rings. The summed E-state index contributed by atoms with van der Waals surface area (Å²) < 4.78 is 0. The van der Waals surface area contributed by atoms with Gasteiger partial charge in [-0.3, -0.25) is 0 Å². The summed E-state index contributed by atoms with van der Waals surface area (Å²) in [6.45, 7) is 0. The summed E-state index contributed by atoms with van der Waals surface area (Å²) in [6.07, 6.45) is 4.05. The van der Waals surface area contributed by atoms with Crippen LogP contribution in [0.15, 0.2) is 194 Å². The van der Waals surface area contributed by atoms with Crippen LogP contribution in [-0.2, 0) is 18.2 Å². The zero-order chi connectivity index (χ0) is 32.9. The summed E-state index contributed by atoms with van der Waals surface area (Å²) in [7, 11) is 2.73. The molecule has 0 radical (unpaired) electrons. The van der Waals surface area contributed by atoms with Gasteiger partial charge in [0.05, 0.1) is 15.8 Å². The summed E-state index contributed by atoms with van der Waals surface area (Å²) >= 11 is 7.51. The van der Waals surface area contributed by atoms with Crippen molar-refractivity contribution in [3.05, 3.63) is 206 Å². The van der Waals surface area contributed by atoms with Gasteiger partial charge >= 0.3 is 27.7 Å². The second-order valence-corrected chi connectivity index (χ2v) is 15.2. The number of aromatic nitrogens is 2. The third-order valence-electron chi connectivity index (χ3n) is 6.86. The Morgan fingerprint density at radius 3 is 0.787 bits per heavy atom. The van der Waals surface area contributed by atoms with Crippen LogP contribution in [0.5, 0.6) is 0 Å². The maximum Gasteiger partial charge on any atom is 0.102 e. The number of nitrogens with zero attached hydrogens (tertiary/aromatic N) is 2. The molecule has 0 saturated heterocycles. The van der Waals surface area contributed by atoms with E-state index in [1.165, 1.54) is 38.0 Å². The Bertz CT molecular complexity index is 1480. The number of hydrogen-bond donors (Lipinski definition) is 0. The number of halogens is 2. The molecule has 0 unspecified atom stereocenters. The van der Waals surface area contributed by atoms with Crippen molar-refractivity contribution in [2.24, 2.45) is 0 Å². The first-order chi connectivity index (χ1) is 23.3. The molecule has 0 bridgehead atoms.